The maximum atomic E-state index is 11.3. The number of amides is 1. The Morgan fingerprint density at radius 2 is 2.29 bits per heavy atom. The lowest BCUT2D eigenvalue weighted by atomic mass is 10.4. The Kier molecular flexibility index (Phi) is 5.16. The first kappa shape index (κ1) is 13.2. The van der Waals surface area contributed by atoms with Crippen LogP contribution in [0, 0.1) is 0 Å². The Morgan fingerprint density at radius 1 is 1.53 bits per heavy atom. The first-order valence-corrected chi connectivity index (χ1v) is 5.20. The molecule has 1 aromatic heterocycles. The number of hydrogen-bond donors (Lipinski definition) is 1. The average molecular weight is 255 g/mol. The predicted molar refractivity (Wildman–Crippen MR) is 63.6 cm³/mol. The molecule has 0 aromatic carbocycles. The minimum absolute atomic E-state index is 0.349. The van der Waals surface area contributed by atoms with Gasteiger partial charge in [0.2, 0.25) is 0 Å². The number of carbonyl (C=O) groups excluding carboxylic acids is 2. The molecule has 6 heteroatoms. The van der Waals surface area contributed by atoms with Crippen molar-refractivity contribution < 1.29 is 14.3 Å². The molecule has 0 spiro atoms. The van der Waals surface area contributed by atoms with Crippen LogP contribution in [0.15, 0.2) is 30.5 Å². The monoisotopic (exact) mass is 254 g/mol. The number of allylic oxidation sites excluding steroid dienone is 1. The number of nitrogens with one attached hydrogen (secondary N) is 1. The van der Waals surface area contributed by atoms with Gasteiger partial charge in [-0.2, -0.15) is 0 Å². The first-order valence-electron chi connectivity index (χ1n) is 4.82. The van der Waals surface area contributed by atoms with Crippen LogP contribution in [0.25, 0.3) is 0 Å². The van der Waals surface area contributed by atoms with Crippen molar-refractivity contribution in [2.24, 2.45) is 0 Å². The van der Waals surface area contributed by atoms with Gasteiger partial charge in [-0.25, -0.2) is 9.78 Å². The van der Waals surface area contributed by atoms with Crippen LogP contribution in [0.5, 0.6) is 0 Å². The zero-order valence-electron chi connectivity index (χ0n) is 9.14. The summed E-state index contributed by atoms with van der Waals surface area (Å²) in [4.78, 5) is 26.1. The summed E-state index contributed by atoms with van der Waals surface area (Å²) in [6.07, 6.45) is 4.16. The quantitative estimate of drug-likeness (QED) is 0.657. The summed E-state index contributed by atoms with van der Waals surface area (Å²) >= 11 is 5.63. The van der Waals surface area contributed by atoms with Gasteiger partial charge in [0.15, 0.2) is 6.61 Å². The van der Waals surface area contributed by atoms with Crippen LogP contribution in [0.2, 0.25) is 5.02 Å². The second-order valence-corrected chi connectivity index (χ2v) is 3.45. The lowest BCUT2D eigenvalue weighted by molar-refractivity contribution is -0.142. The molecule has 1 heterocycles. The van der Waals surface area contributed by atoms with Crippen molar-refractivity contribution in [3.05, 3.63) is 35.5 Å². The molecule has 1 amide bonds. The number of esters is 1. The van der Waals surface area contributed by atoms with Crippen LogP contribution in [0.4, 0.5) is 5.82 Å². The fourth-order valence-electron chi connectivity index (χ4n) is 0.950. The highest BCUT2D eigenvalue weighted by molar-refractivity contribution is 6.30. The van der Waals surface area contributed by atoms with E-state index < -0.39 is 11.9 Å². The highest BCUT2D eigenvalue weighted by Gasteiger charge is 2.05. The summed E-state index contributed by atoms with van der Waals surface area (Å²) in [6.45, 7) is 1.33. The van der Waals surface area contributed by atoms with Crippen LogP contribution in [-0.2, 0) is 14.3 Å². The molecule has 0 aliphatic heterocycles. The zero-order chi connectivity index (χ0) is 12.7. The average Bonchev–Trinajstić information content (AvgIpc) is 2.30. The fraction of sp³-hybridized carbons (Fsp3) is 0.182. The van der Waals surface area contributed by atoms with Gasteiger partial charge >= 0.3 is 5.97 Å². The molecule has 0 saturated heterocycles. The van der Waals surface area contributed by atoms with Gasteiger partial charge in [0.1, 0.15) is 5.82 Å². The van der Waals surface area contributed by atoms with Gasteiger partial charge in [-0.15, -0.1) is 0 Å². The summed E-state index contributed by atoms with van der Waals surface area (Å²) in [7, 11) is 0. The smallest absolute Gasteiger partial charge is 0.330 e. The second kappa shape index (κ2) is 6.65. The number of anilines is 1. The van der Waals surface area contributed by atoms with Crippen LogP contribution in [0.3, 0.4) is 0 Å². The number of nitrogens with zero attached hydrogens (tertiary/aromatic N) is 1. The fourth-order valence-corrected chi connectivity index (χ4v) is 1.06. The number of halogens is 1. The number of carbonyl (C=O) groups is 2. The minimum Gasteiger partial charge on any atom is -0.452 e. The van der Waals surface area contributed by atoms with Crippen molar-refractivity contribution in [2.75, 3.05) is 11.9 Å². The van der Waals surface area contributed by atoms with Gasteiger partial charge in [0.05, 0.1) is 5.02 Å². The van der Waals surface area contributed by atoms with E-state index >= 15 is 0 Å². The number of hydrogen-bond acceptors (Lipinski definition) is 4. The maximum absolute atomic E-state index is 11.3. The van der Waals surface area contributed by atoms with E-state index in [1.165, 1.54) is 18.3 Å². The van der Waals surface area contributed by atoms with Crippen LogP contribution >= 0.6 is 11.6 Å². The predicted octanol–water partition coefficient (Wildman–Crippen LogP) is 1.79. The molecule has 5 nitrogen and oxygen atoms in total. The molecule has 0 aliphatic carbocycles. The topological polar surface area (TPSA) is 68.3 Å². The molecule has 0 fully saturated rings. The highest BCUT2D eigenvalue weighted by Crippen LogP contribution is 2.09. The zero-order valence-corrected chi connectivity index (χ0v) is 9.90. The minimum atomic E-state index is -0.563. The molecule has 17 heavy (non-hydrogen) atoms. The summed E-state index contributed by atoms with van der Waals surface area (Å²) in [5.41, 5.74) is 0. The van der Waals surface area contributed by atoms with Gasteiger partial charge < -0.3 is 10.1 Å². The SMILES string of the molecule is C/C=C/C(=O)OCC(=O)Nc1ccc(Cl)cn1. The molecule has 0 atom stereocenters. The van der Waals surface area contributed by atoms with E-state index in [1.807, 2.05) is 0 Å². The number of pyridine rings is 1. The number of ether oxygens (including phenoxy) is 1. The van der Waals surface area contributed by atoms with Crippen molar-refractivity contribution in [2.45, 2.75) is 6.92 Å². The first-order chi connectivity index (χ1) is 8.11. The highest BCUT2D eigenvalue weighted by atomic mass is 35.5. The van der Waals surface area contributed by atoms with Crippen LogP contribution < -0.4 is 5.32 Å². The Hall–Kier alpha value is -1.88. The molecular weight excluding hydrogens is 244 g/mol. The van der Waals surface area contributed by atoms with E-state index in [0.717, 1.165) is 0 Å². The third-order valence-electron chi connectivity index (χ3n) is 1.64. The molecule has 0 unspecified atom stereocenters. The van der Waals surface area contributed by atoms with E-state index in [4.69, 9.17) is 11.6 Å². The molecule has 1 aromatic rings. The van der Waals surface area contributed by atoms with Crippen molar-refractivity contribution in [3.63, 3.8) is 0 Å². The Morgan fingerprint density at radius 3 is 2.88 bits per heavy atom. The van der Waals surface area contributed by atoms with Crippen LogP contribution in [-0.4, -0.2) is 23.5 Å². The van der Waals surface area contributed by atoms with Gasteiger partial charge in [0.25, 0.3) is 5.91 Å². The molecule has 1 rings (SSSR count). The molecule has 1 N–H and O–H groups in total. The number of aromatic nitrogens is 1. The van der Waals surface area contributed by atoms with Crippen LogP contribution in [0.1, 0.15) is 6.92 Å². The van der Waals surface area contributed by atoms with Crippen molar-refractivity contribution >= 4 is 29.3 Å². The molecule has 90 valence electrons. The molecule has 0 bridgehead atoms. The standard InChI is InChI=1S/C11H11ClN2O3/c1-2-3-11(16)17-7-10(15)14-9-5-4-8(12)6-13-9/h2-6H,7H2,1H3,(H,13,14,15)/b3-2+. The van der Waals surface area contributed by atoms with Gasteiger partial charge in [-0.3, -0.25) is 4.79 Å². The van der Waals surface area contributed by atoms with E-state index in [0.29, 0.717) is 10.8 Å². The van der Waals surface area contributed by atoms with E-state index in [-0.39, 0.29) is 6.61 Å². The van der Waals surface area contributed by atoms with E-state index in [9.17, 15) is 9.59 Å². The van der Waals surface area contributed by atoms with Gasteiger partial charge in [0, 0.05) is 12.3 Å². The van der Waals surface area contributed by atoms with Gasteiger partial charge in [-0.05, 0) is 19.1 Å². The normalized spacial score (nSPS) is 10.2. The lowest BCUT2D eigenvalue weighted by Crippen LogP contribution is -2.20. The molecule has 0 radical (unpaired) electrons. The Bertz CT molecular complexity index is 429. The Labute approximate surface area is 103 Å². The third-order valence-corrected chi connectivity index (χ3v) is 1.87. The van der Waals surface area contributed by atoms with E-state index in [1.54, 1.807) is 19.1 Å². The summed E-state index contributed by atoms with van der Waals surface area (Å²) in [5, 5.41) is 2.93. The third kappa shape index (κ3) is 5.12. The van der Waals surface area contributed by atoms with Crippen molar-refractivity contribution in [3.8, 4) is 0 Å². The molecular formula is C11H11ClN2O3. The maximum Gasteiger partial charge on any atom is 0.330 e. The van der Waals surface area contributed by atoms with E-state index in [2.05, 4.69) is 15.0 Å². The molecule has 0 aliphatic rings. The van der Waals surface area contributed by atoms with Crippen molar-refractivity contribution in [1.82, 2.24) is 4.98 Å². The summed E-state index contributed by atoms with van der Waals surface area (Å²) < 4.78 is 4.65. The number of rotatable bonds is 4. The summed E-state index contributed by atoms with van der Waals surface area (Å²) in [6, 6.07) is 3.14. The lowest BCUT2D eigenvalue weighted by Gasteiger charge is -2.04. The van der Waals surface area contributed by atoms with Gasteiger partial charge in [-0.1, -0.05) is 17.7 Å². The Balaban J connectivity index is 2.39. The summed E-state index contributed by atoms with van der Waals surface area (Å²) in [5.74, 6) is -0.675. The molecule has 0 saturated carbocycles. The second-order valence-electron chi connectivity index (χ2n) is 3.02. The van der Waals surface area contributed by atoms with Crippen molar-refractivity contribution in [1.29, 1.82) is 0 Å². The largest absolute Gasteiger partial charge is 0.452 e.